The first-order chi connectivity index (χ1) is 9.17. The van der Waals surface area contributed by atoms with E-state index in [0.717, 1.165) is 29.3 Å². The topological polar surface area (TPSA) is 42.2 Å². The van der Waals surface area contributed by atoms with Gasteiger partial charge in [0.05, 0.1) is 25.7 Å². The third kappa shape index (κ3) is 3.53. The molecule has 0 saturated carbocycles. The smallest absolute Gasteiger partial charge is 0.161 e. The second-order valence-electron chi connectivity index (χ2n) is 4.41. The molecule has 4 heteroatoms. The molecular formula is C15H20INO2. The summed E-state index contributed by atoms with van der Waals surface area (Å²) >= 11 is 2.35. The van der Waals surface area contributed by atoms with Gasteiger partial charge in [-0.05, 0) is 41.4 Å². The van der Waals surface area contributed by atoms with Gasteiger partial charge in [-0.25, -0.2) is 0 Å². The van der Waals surface area contributed by atoms with E-state index >= 15 is 0 Å². The highest BCUT2D eigenvalue weighted by atomic mass is 127. The third-order valence-corrected chi connectivity index (χ3v) is 4.25. The summed E-state index contributed by atoms with van der Waals surface area (Å²) in [5, 5.41) is 9.62. The minimum Gasteiger partial charge on any atom is -0.493 e. The number of benzene rings is 1. The van der Waals surface area contributed by atoms with Crippen LogP contribution in [0.1, 0.15) is 31.7 Å². The lowest BCUT2D eigenvalue weighted by atomic mass is 9.76. The molecule has 3 nitrogen and oxygen atoms in total. The first-order valence-electron chi connectivity index (χ1n) is 6.37. The van der Waals surface area contributed by atoms with Crippen molar-refractivity contribution in [2.24, 2.45) is 0 Å². The molecule has 0 radical (unpaired) electrons. The highest BCUT2D eigenvalue weighted by molar-refractivity contribution is 14.1. The zero-order valence-corrected chi connectivity index (χ0v) is 13.9. The SMILES string of the molecule is CCC(C#N)(CCCI)c1ccc(OC)c(OC)c1. The Morgan fingerprint density at radius 1 is 1.26 bits per heavy atom. The van der Waals surface area contributed by atoms with Crippen LogP contribution in [-0.2, 0) is 5.41 Å². The maximum absolute atomic E-state index is 9.62. The van der Waals surface area contributed by atoms with Gasteiger partial charge in [0.15, 0.2) is 11.5 Å². The predicted octanol–water partition coefficient (Wildman–Crippen LogP) is 4.09. The van der Waals surface area contributed by atoms with Crippen molar-refractivity contribution in [3.05, 3.63) is 23.8 Å². The van der Waals surface area contributed by atoms with Crippen molar-refractivity contribution in [3.8, 4) is 17.6 Å². The van der Waals surface area contributed by atoms with Gasteiger partial charge < -0.3 is 9.47 Å². The number of ether oxygens (including phenoxy) is 2. The summed E-state index contributed by atoms with van der Waals surface area (Å²) in [6.45, 7) is 2.06. The van der Waals surface area contributed by atoms with Crippen LogP contribution in [0.15, 0.2) is 18.2 Å². The minimum absolute atomic E-state index is 0.426. The molecule has 104 valence electrons. The molecule has 1 rings (SSSR count). The highest BCUT2D eigenvalue weighted by Crippen LogP contribution is 2.37. The molecule has 1 aromatic rings. The molecule has 0 heterocycles. The maximum Gasteiger partial charge on any atom is 0.161 e. The Kier molecular flexibility index (Phi) is 6.43. The van der Waals surface area contributed by atoms with Crippen LogP contribution >= 0.6 is 22.6 Å². The molecular weight excluding hydrogens is 353 g/mol. The van der Waals surface area contributed by atoms with Crippen LogP contribution in [0.2, 0.25) is 0 Å². The third-order valence-electron chi connectivity index (χ3n) is 3.49. The normalized spacial score (nSPS) is 13.4. The van der Waals surface area contributed by atoms with Gasteiger partial charge in [0.25, 0.3) is 0 Å². The fourth-order valence-electron chi connectivity index (χ4n) is 2.23. The van der Waals surface area contributed by atoms with Crippen LogP contribution in [0.25, 0.3) is 0 Å². The number of nitrogens with zero attached hydrogens (tertiary/aromatic N) is 1. The Morgan fingerprint density at radius 3 is 2.42 bits per heavy atom. The van der Waals surface area contributed by atoms with Crippen molar-refractivity contribution < 1.29 is 9.47 Å². The van der Waals surface area contributed by atoms with Gasteiger partial charge in [-0.2, -0.15) is 5.26 Å². The lowest BCUT2D eigenvalue weighted by Gasteiger charge is -2.26. The maximum atomic E-state index is 9.62. The standard InChI is InChI=1S/C15H20INO2/c1-4-15(11-17,8-5-9-16)12-6-7-13(18-2)14(10-12)19-3/h6-7,10H,4-5,8-9H2,1-3H3. The molecule has 0 N–H and O–H groups in total. The molecule has 0 aromatic heterocycles. The lowest BCUT2D eigenvalue weighted by Crippen LogP contribution is -2.23. The molecule has 1 unspecified atom stereocenters. The van der Waals surface area contributed by atoms with Gasteiger partial charge in [-0.1, -0.05) is 35.6 Å². The molecule has 0 aliphatic heterocycles. The van der Waals surface area contributed by atoms with E-state index in [1.165, 1.54) is 0 Å². The van der Waals surface area contributed by atoms with E-state index in [1.54, 1.807) is 14.2 Å². The summed E-state index contributed by atoms with van der Waals surface area (Å²) in [5.74, 6) is 1.38. The van der Waals surface area contributed by atoms with Crippen molar-refractivity contribution in [1.82, 2.24) is 0 Å². The molecule has 0 bridgehead atoms. The molecule has 0 saturated heterocycles. The Bertz CT molecular complexity index is 456. The molecule has 0 fully saturated rings. The summed E-state index contributed by atoms with van der Waals surface area (Å²) in [6.07, 6.45) is 2.71. The average Bonchev–Trinajstić information content (AvgIpc) is 2.48. The van der Waals surface area contributed by atoms with Crippen LogP contribution in [0, 0.1) is 11.3 Å². The first kappa shape index (κ1) is 16.1. The molecule has 0 spiro atoms. The number of alkyl halides is 1. The quantitative estimate of drug-likeness (QED) is 0.534. The van der Waals surface area contributed by atoms with Gasteiger partial charge in [0, 0.05) is 0 Å². The van der Waals surface area contributed by atoms with E-state index in [2.05, 4.69) is 35.6 Å². The number of hydrogen-bond acceptors (Lipinski definition) is 3. The fraction of sp³-hybridized carbons (Fsp3) is 0.533. The van der Waals surface area contributed by atoms with Crippen LogP contribution in [0.3, 0.4) is 0 Å². The molecule has 1 atom stereocenters. The summed E-state index contributed by atoms with van der Waals surface area (Å²) < 4.78 is 11.6. The zero-order valence-electron chi connectivity index (χ0n) is 11.7. The Morgan fingerprint density at radius 2 is 1.95 bits per heavy atom. The average molecular weight is 373 g/mol. The summed E-state index contributed by atoms with van der Waals surface area (Å²) in [5.41, 5.74) is 0.588. The van der Waals surface area contributed by atoms with Crippen LogP contribution in [0.5, 0.6) is 11.5 Å². The van der Waals surface area contributed by atoms with Crippen molar-refractivity contribution >= 4 is 22.6 Å². The summed E-state index contributed by atoms with van der Waals surface area (Å²) in [4.78, 5) is 0. The van der Waals surface area contributed by atoms with E-state index in [9.17, 15) is 5.26 Å². The number of halogens is 1. The molecule has 0 aliphatic rings. The van der Waals surface area contributed by atoms with E-state index in [4.69, 9.17) is 9.47 Å². The Hall–Kier alpha value is -0.960. The zero-order chi connectivity index (χ0) is 14.3. The Balaban J connectivity index is 3.20. The lowest BCUT2D eigenvalue weighted by molar-refractivity contribution is 0.353. The fourth-order valence-corrected chi connectivity index (χ4v) is 2.61. The number of rotatable bonds is 7. The molecule has 0 amide bonds. The molecule has 1 aromatic carbocycles. The van der Waals surface area contributed by atoms with Crippen LogP contribution in [-0.4, -0.2) is 18.6 Å². The monoisotopic (exact) mass is 373 g/mol. The summed E-state index contributed by atoms with van der Waals surface area (Å²) in [7, 11) is 3.23. The highest BCUT2D eigenvalue weighted by Gasteiger charge is 2.30. The largest absolute Gasteiger partial charge is 0.493 e. The first-order valence-corrected chi connectivity index (χ1v) is 7.89. The van der Waals surface area contributed by atoms with E-state index < -0.39 is 5.41 Å². The van der Waals surface area contributed by atoms with Crippen LogP contribution in [0.4, 0.5) is 0 Å². The van der Waals surface area contributed by atoms with Crippen molar-refractivity contribution in [1.29, 1.82) is 5.26 Å². The van der Waals surface area contributed by atoms with Gasteiger partial charge >= 0.3 is 0 Å². The molecule has 19 heavy (non-hydrogen) atoms. The van der Waals surface area contributed by atoms with Gasteiger partial charge in [-0.15, -0.1) is 0 Å². The molecule has 0 aliphatic carbocycles. The van der Waals surface area contributed by atoms with E-state index in [0.29, 0.717) is 11.5 Å². The Labute approximate surface area is 129 Å². The number of methoxy groups -OCH3 is 2. The second kappa shape index (κ2) is 7.59. The van der Waals surface area contributed by atoms with E-state index in [1.807, 2.05) is 18.2 Å². The number of hydrogen-bond donors (Lipinski definition) is 0. The summed E-state index contributed by atoms with van der Waals surface area (Å²) in [6, 6.07) is 8.28. The van der Waals surface area contributed by atoms with Gasteiger partial charge in [0.1, 0.15) is 0 Å². The van der Waals surface area contributed by atoms with Gasteiger partial charge in [0.2, 0.25) is 0 Å². The van der Waals surface area contributed by atoms with Crippen molar-refractivity contribution in [3.63, 3.8) is 0 Å². The van der Waals surface area contributed by atoms with Crippen molar-refractivity contribution in [2.75, 3.05) is 18.6 Å². The van der Waals surface area contributed by atoms with Gasteiger partial charge in [-0.3, -0.25) is 0 Å². The van der Waals surface area contributed by atoms with Crippen molar-refractivity contribution in [2.45, 2.75) is 31.6 Å². The second-order valence-corrected chi connectivity index (χ2v) is 5.49. The van der Waals surface area contributed by atoms with Crippen LogP contribution < -0.4 is 9.47 Å². The predicted molar refractivity (Wildman–Crippen MR) is 85.2 cm³/mol. The van der Waals surface area contributed by atoms with E-state index in [-0.39, 0.29) is 0 Å². The minimum atomic E-state index is -0.426. The number of nitriles is 1.